The number of likely N-dealkylation sites (N-methyl/N-ethyl adjacent to an activating group) is 1. The van der Waals surface area contributed by atoms with Gasteiger partial charge in [-0.1, -0.05) is 0 Å². The van der Waals surface area contributed by atoms with Crippen LogP contribution in [0.4, 0.5) is 0 Å². The van der Waals surface area contributed by atoms with Crippen LogP contribution in [0.25, 0.3) is 0 Å². The van der Waals surface area contributed by atoms with Crippen LogP contribution in [0.5, 0.6) is 0 Å². The smallest absolute Gasteiger partial charge is 0.0107 e. The molecule has 0 aromatic heterocycles. The van der Waals surface area contributed by atoms with Crippen molar-refractivity contribution in [2.75, 3.05) is 33.2 Å². The van der Waals surface area contributed by atoms with Gasteiger partial charge in [0.2, 0.25) is 0 Å². The fourth-order valence-electron chi connectivity index (χ4n) is 1.86. The largest absolute Gasteiger partial charge is 0.318 e. The minimum atomic E-state index is 1.05. The minimum absolute atomic E-state index is 1.05. The number of hydrogen-bond acceptors (Lipinski definition) is 2. The van der Waals surface area contributed by atoms with Crippen LogP contribution in [0.1, 0.15) is 25.7 Å². The lowest BCUT2D eigenvalue weighted by atomic mass is 10.3. The highest BCUT2D eigenvalue weighted by atomic mass is 15.1. The van der Waals surface area contributed by atoms with Crippen molar-refractivity contribution in [3.05, 3.63) is 0 Å². The maximum Gasteiger partial charge on any atom is 0.0107 e. The van der Waals surface area contributed by atoms with Crippen LogP contribution in [0, 0.1) is 11.8 Å². The zero-order valence-corrected chi connectivity index (χ0v) is 8.76. The summed E-state index contributed by atoms with van der Waals surface area (Å²) in [4.78, 5) is 2.67. The Kier molecular flexibility index (Phi) is 3.23. The molecule has 13 heavy (non-hydrogen) atoms. The molecular formula is C11H22N2. The van der Waals surface area contributed by atoms with Crippen LogP contribution in [0.3, 0.4) is 0 Å². The fourth-order valence-corrected chi connectivity index (χ4v) is 1.86. The molecule has 0 bridgehead atoms. The molecule has 2 saturated carbocycles. The SMILES string of the molecule is CNCCN(CC1CC1)CC1CC1. The molecule has 0 unspecified atom stereocenters. The zero-order valence-electron chi connectivity index (χ0n) is 8.76. The summed E-state index contributed by atoms with van der Waals surface area (Å²) in [5.74, 6) is 2.10. The van der Waals surface area contributed by atoms with E-state index in [0.717, 1.165) is 18.4 Å². The van der Waals surface area contributed by atoms with Gasteiger partial charge in [0, 0.05) is 26.2 Å². The first kappa shape index (κ1) is 9.47. The molecule has 2 rings (SSSR count). The van der Waals surface area contributed by atoms with Crippen molar-refractivity contribution in [2.24, 2.45) is 11.8 Å². The lowest BCUT2D eigenvalue weighted by Gasteiger charge is -2.21. The average Bonchev–Trinajstić information content (AvgIpc) is 2.94. The predicted molar refractivity (Wildman–Crippen MR) is 55.8 cm³/mol. The summed E-state index contributed by atoms with van der Waals surface area (Å²) >= 11 is 0. The molecule has 2 aliphatic rings. The van der Waals surface area contributed by atoms with Gasteiger partial charge < -0.3 is 10.2 Å². The molecule has 0 atom stereocenters. The highest BCUT2D eigenvalue weighted by molar-refractivity contribution is 4.82. The Bertz CT molecular complexity index is 136. The summed E-state index contributed by atoms with van der Waals surface area (Å²) < 4.78 is 0. The van der Waals surface area contributed by atoms with E-state index >= 15 is 0 Å². The van der Waals surface area contributed by atoms with Crippen molar-refractivity contribution >= 4 is 0 Å². The molecule has 2 heteroatoms. The number of hydrogen-bond donors (Lipinski definition) is 1. The lowest BCUT2D eigenvalue weighted by Crippen LogP contribution is -2.34. The van der Waals surface area contributed by atoms with E-state index in [-0.39, 0.29) is 0 Å². The third kappa shape index (κ3) is 3.65. The van der Waals surface area contributed by atoms with Crippen LogP contribution >= 0.6 is 0 Å². The molecule has 0 radical (unpaired) electrons. The summed E-state index contributed by atoms with van der Waals surface area (Å²) in [7, 11) is 2.05. The van der Waals surface area contributed by atoms with E-state index in [0.29, 0.717) is 0 Å². The van der Waals surface area contributed by atoms with Crippen molar-refractivity contribution in [3.8, 4) is 0 Å². The Morgan fingerprint density at radius 2 is 1.62 bits per heavy atom. The quantitative estimate of drug-likeness (QED) is 0.639. The molecule has 0 heterocycles. The monoisotopic (exact) mass is 182 g/mol. The average molecular weight is 182 g/mol. The standard InChI is InChI=1S/C11H22N2/c1-12-6-7-13(8-10-2-3-10)9-11-4-5-11/h10-12H,2-9H2,1H3. The lowest BCUT2D eigenvalue weighted by molar-refractivity contribution is 0.254. The normalized spacial score (nSPS) is 22.6. The van der Waals surface area contributed by atoms with Gasteiger partial charge in [0.15, 0.2) is 0 Å². The van der Waals surface area contributed by atoms with E-state index < -0.39 is 0 Å². The second-order valence-corrected chi connectivity index (χ2v) is 4.75. The first-order chi connectivity index (χ1) is 6.38. The number of rotatable bonds is 7. The summed E-state index contributed by atoms with van der Waals surface area (Å²) in [6.07, 6.45) is 5.95. The van der Waals surface area contributed by atoms with Crippen LogP contribution in [0.2, 0.25) is 0 Å². The van der Waals surface area contributed by atoms with Gasteiger partial charge in [0.25, 0.3) is 0 Å². The first-order valence-electron chi connectivity index (χ1n) is 5.75. The molecule has 0 aliphatic heterocycles. The van der Waals surface area contributed by atoms with Gasteiger partial charge in [-0.2, -0.15) is 0 Å². The summed E-state index contributed by atoms with van der Waals surface area (Å²) in [5.41, 5.74) is 0. The molecule has 0 saturated heterocycles. The summed E-state index contributed by atoms with van der Waals surface area (Å²) in [6, 6.07) is 0. The Labute approximate surface area is 81.7 Å². The van der Waals surface area contributed by atoms with Gasteiger partial charge in [-0.25, -0.2) is 0 Å². The Morgan fingerprint density at radius 1 is 1.08 bits per heavy atom. The molecule has 0 spiro atoms. The third-order valence-corrected chi connectivity index (χ3v) is 3.10. The van der Waals surface area contributed by atoms with Crippen molar-refractivity contribution in [1.29, 1.82) is 0 Å². The Hall–Kier alpha value is -0.0800. The van der Waals surface area contributed by atoms with E-state index in [4.69, 9.17) is 0 Å². The predicted octanol–water partition coefficient (Wildman–Crippen LogP) is 1.33. The van der Waals surface area contributed by atoms with Crippen LogP contribution in [-0.4, -0.2) is 38.1 Å². The van der Waals surface area contributed by atoms with E-state index in [1.54, 1.807) is 0 Å². The van der Waals surface area contributed by atoms with Crippen LogP contribution in [-0.2, 0) is 0 Å². The van der Waals surface area contributed by atoms with Gasteiger partial charge in [-0.3, -0.25) is 0 Å². The first-order valence-corrected chi connectivity index (χ1v) is 5.75. The summed E-state index contributed by atoms with van der Waals surface area (Å²) in [5, 5.41) is 3.24. The van der Waals surface area contributed by atoms with Gasteiger partial charge in [-0.15, -0.1) is 0 Å². The molecule has 1 N–H and O–H groups in total. The summed E-state index contributed by atoms with van der Waals surface area (Å²) in [6.45, 7) is 5.15. The van der Waals surface area contributed by atoms with Gasteiger partial charge >= 0.3 is 0 Å². The van der Waals surface area contributed by atoms with E-state index in [2.05, 4.69) is 10.2 Å². The second-order valence-electron chi connectivity index (χ2n) is 4.75. The zero-order chi connectivity index (χ0) is 9.10. The van der Waals surface area contributed by atoms with Crippen molar-refractivity contribution in [1.82, 2.24) is 10.2 Å². The van der Waals surface area contributed by atoms with Crippen molar-refractivity contribution in [3.63, 3.8) is 0 Å². The van der Waals surface area contributed by atoms with Gasteiger partial charge in [-0.05, 0) is 44.6 Å². The highest BCUT2D eigenvalue weighted by Gasteiger charge is 2.28. The molecule has 0 amide bonds. The third-order valence-electron chi connectivity index (χ3n) is 3.10. The van der Waals surface area contributed by atoms with Crippen molar-refractivity contribution < 1.29 is 0 Å². The van der Waals surface area contributed by atoms with E-state index in [9.17, 15) is 0 Å². The Morgan fingerprint density at radius 3 is 2.00 bits per heavy atom. The Balaban J connectivity index is 1.64. The molecular weight excluding hydrogens is 160 g/mol. The molecule has 76 valence electrons. The van der Waals surface area contributed by atoms with Crippen molar-refractivity contribution in [2.45, 2.75) is 25.7 Å². The maximum atomic E-state index is 3.24. The second kappa shape index (κ2) is 4.43. The van der Waals surface area contributed by atoms with Crippen LogP contribution in [0.15, 0.2) is 0 Å². The topological polar surface area (TPSA) is 15.3 Å². The van der Waals surface area contributed by atoms with Crippen LogP contribution < -0.4 is 5.32 Å². The number of nitrogens with one attached hydrogen (secondary N) is 1. The van der Waals surface area contributed by atoms with Gasteiger partial charge in [0.05, 0.1) is 0 Å². The van der Waals surface area contributed by atoms with E-state index in [1.807, 2.05) is 7.05 Å². The highest BCUT2D eigenvalue weighted by Crippen LogP contribution is 2.33. The fraction of sp³-hybridized carbons (Fsp3) is 1.00. The minimum Gasteiger partial charge on any atom is -0.318 e. The molecule has 2 aliphatic carbocycles. The van der Waals surface area contributed by atoms with Gasteiger partial charge in [0.1, 0.15) is 0 Å². The molecule has 0 aromatic carbocycles. The molecule has 2 nitrogen and oxygen atoms in total. The van der Waals surface area contributed by atoms with E-state index in [1.165, 1.54) is 45.3 Å². The molecule has 2 fully saturated rings. The maximum absolute atomic E-state index is 3.24. The molecule has 0 aromatic rings. The number of nitrogens with zero attached hydrogens (tertiary/aromatic N) is 1.